The van der Waals surface area contributed by atoms with Crippen LogP contribution in [0.1, 0.15) is 61.7 Å². The van der Waals surface area contributed by atoms with Crippen LogP contribution >= 0.6 is 0 Å². The van der Waals surface area contributed by atoms with Crippen LogP contribution in [0.2, 0.25) is 0 Å². The first-order valence-electron chi connectivity index (χ1n) is 14.7. The van der Waals surface area contributed by atoms with E-state index in [0.717, 1.165) is 22.3 Å². The summed E-state index contributed by atoms with van der Waals surface area (Å²) in [4.78, 5) is 22.2. The lowest BCUT2D eigenvalue weighted by Gasteiger charge is -2.34. The fourth-order valence-corrected chi connectivity index (χ4v) is 7.21. The van der Waals surface area contributed by atoms with Gasteiger partial charge in [0.1, 0.15) is 10.6 Å². The fourth-order valence-electron chi connectivity index (χ4n) is 5.50. The molecule has 0 saturated heterocycles. The van der Waals surface area contributed by atoms with E-state index in [-0.39, 0.29) is 29.9 Å². The molecule has 4 aromatic rings. The number of rotatable bonds is 10. The van der Waals surface area contributed by atoms with Gasteiger partial charge in [0.2, 0.25) is 15.9 Å². The summed E-state index contributed by atoms with van der Waals surface area (Å²) in [7, 11) is -3.77. The molecule has 44 heavy (non-hydrogen) atoms. The van der Waals surface area contributed by atoms with Crippen LogP contribution in [0.15, 0.2) is 72.3 Å². The number of nitrogens with one attached hydrogen (secondary N) is 1. The molecule has 0 spiro atoms. The molecular weight excluding hydrogens is 578 g/mol. The van der Waals surface area contributed by atoms with Gasteiger partial charge in [-0.2, -0.15) is 4.31 Å². The van der Waals surface area contributed by atoms with Gasteiger partial charge < -0.3 is 10.1 Å². The molecule has 0 aliphatic carbocycles. The summed E-state index contributed by atoms with van der Waals surface area (Å²) in [5, 5.41) is 11.3. The number of carbonyl (C=O) groups is 1. The van der Waals surface area contributed by atoms with E-state index in [1.807, 2.05) is 52.1 Å². The Kier molecular flexibility index (Phi) is 9.23. The van der Waals surface area contributed by atoms with Crippen molar-refractivity contribution in [1.82, 2.24) is 29.3 Å². The summed E-state index contributed by atoms with van der Waals surface area (Å²) >= 11 is 0. The standard InChI is InChI=1S/C32H39N7O4S/c1-6-38-20-28(36-37-38)21-43-30(32(4,5)31(40)35-27-8-7-12-33-16-27)25-10-9-23(3)26(15-25)19-39-18-22(2)14-24-11-13-34-17-29(24)44(39,41)42/h7-13,15-17,20,22,30H,6,14,18-19,21H2,1-5H3,(H,35,40)/t22-,30?/m0/s1. The van der Waals surface area contributed by atoms with Gasteiger partial charge in [-0.1, -0.05) is 30.3 Å². The summed E-state index contributed by atoms with van der Waals surface area (Å²) in [6.45, 7) is 11.0. The van der Waals surface area contributed by atoms with Gasteiger partial charge in [0.05, 0.1) is 36.2 Å². The summed E-state index contributed by atoms with van der Waals surface area (Å²) in [6, 6.07) is 11.2. The lowest BCUT2D eigenvalue weighted by Crippen LogP contribution is -2.38. The van der Waals surface area contributed by atoms with Gasteiger partial charge in [-0.15, -0.1) is 5.10 Å². The fraction of sp³-hybridized carbons (Fsp3) is 0.406. The number of hydrogen-bond donors (Lipinski definition) is 1. The van der Waals surface area contributed by atoms with E-state index in [1.54, 1.807) is 41.5 Å². The molecule has 11 nitrogen and oxygen atoms in total. The Balaban J connectivity index is 1.48. The second-order valence-corrected chi connectivity index (χ2v) is 13.9. The molecule has 0 radical (unpaired) electrons. The van der Waals surface area contributed by atoms with Gasteiger partial charge in [0, 0.05) is 38.2 Å². The number of amides is 1. The minimum absolute atomic E-state index is 0.125. The maximum absolute atomic E-state index is 13.8. The zero-order chi connectivity index (χ0) is 31.5. The number of nitrogens with zero attached hydrogens (tertiary/aromatic N) is 6. The normalized spacial score (nSPS) is 17.4. The van der Waals surface area contributed by atoms with Crippen molar-refractivity contribution in [3.8, 4) is 0 Å². The van der Waals surface area contributed by atoms with E-state index in [4.69, 9.17) is 4.74 Å². The Morgan fingerprint density at radius 1 is 1.16 bits per heavy atom. The van der Waals surface area contributed by atoms with Crippen molar-refractivity contribution in [3.63, 3.8) is 0 Å². The number of anilines is 1. The smallest absolute Gasteiger partial charge is 0.245 e. The summed E-state index contributed by atoms with van der Waals surface area (Å²) in [6.07, 6.45) is 8.09. The van der Waals surface area contributed by atoms with Gasteiger partial charge in [0.25, 0.3) is 0 Å². The minimum atomic E-state index is -3.77. The largest absolute Gasteiger partial charge is 0.366 e. The predicted octanol–water partition coefficient (Wildman–Crippen LogP) is 4.70. The molecule has 232 valence electrons. The second kappa shape index (κ2) is 12.9. The molecule has 1 aliphatic rings. The van der Waals surface area contributed by atoms with E-state index in [0.29, 0.717) is 30.9 Å². The first-order chi connectivity index (χ1) is 21.0. The molecule has 1 N–H and O–H groups in total. The third-order valence-electron chi connectivity index (χ3n) is 8.06. The molecule has 1 aromatic carbocycles. The number of sulfonamides is 1. The number of carbonyl (C=O) groups excluding carboxylic acids is 1. The number of benzene rings is 1. The van der Waals surface area contributed by atoms with Crippen molar-refractivity contribution in [2.24, 2.45) is 11.3 Å². The highest BCUT2D eigenvalue weighted by molar-refractivity contribution is 7.89. The van der Waals surface area contributed by atoms with Crippen LogP contribution in [-0.2, 0) is 45.7 Å². The lowest BCUT2D eigenvalue weighted by molar-refractivity contribution is -0.134. The maximum Gasteiger partial charge on any atom is 0.245 e. The van der Waals surface area contributed by atoms with Crippen molar-refractivity contribution in [2.75, 3.05) is 11.9 Å². The van der Waals surface area contributed by atoms with Gasteiger partial charge in [-0.25, -0.2) is 8.42 Å². The topological polar surface area (TPSA) is 132 Å². The first kappa shape index (κ1) is 31.4. The number of fused-ring (bicyclic) bond motifs is 1. The van der Waals surface area contributed by atoms with Crippen molar-refractivity contribution in [2.45, 2.75) is 71.7 Å². The van der Waals surface area contributed by atoms with Crippen LogP contribution < -0.4 is 5.32 Å². The van der Waals surface area contributed by atoms with E-state index in [9.17, 15) is 13.2 Å². The summed E-state index contributed by atoms with van der Waals surface area (Å²) < 4.78 is 37.3. The molecule has 5 rings (SSSR count). The van der Waals surface area contributed by atoms with E-state index in [1.165, 1.54) is 10.5 Å². The number of ether oxygens (including phenoxy) is 1. The molecule has 0 bridgehead atoms. The quantitative estimate of drug-likeness (QED) is 0.271. The van der Waals surface area contributed by atoms with E-state index >= 15 is 0 Å². The van der Waals surface area contributed by atoms with Gasteiger partial charge >= 0.3 is 0 Å². The lowest BCUT2D eigenvalue weighted by atomic mass is 9.80. The molecule has 0 fully saturated rings. The molecule has 2 atom stereocenters. The van der Waals surface area contributed by atoms with Crippen molar-refractivity contribution >= 4 is 21.6 Å². The highest BCUT2D eigenvalue weighted by Crippen LogP contribution is 2.39. The van der Waals surface area contributed by atoms with Crippen LogP contribution in [0.4, 0.5) is 5.69 Å². The van der Waals surface area contributed by atoms with Crippen molar-refractivity contribution < 1.29 is 17.9 Å². The third-order valence-corrected chi connectivity index (χ3v) is 9.94. The Morgan fingerprint density at radius 2 is 1.95 bits per heavy atom. The number of pyridine rings is 2. The highest BCUT2D eigenvalue weighted by Gasteiger charge is 2.40. The second-order valence-electron chi connectivity index (χ2n) is 12.0. The van der Waals surface area contributed by atoms with Crippen LogP contribution in [-0.4, -0.2) is 50.1 Å². The minimum Gasteiger partial charge on any atom is -0.366 e. The SMILES string of the molecule is CCn1cc(COC(c2ccc(C)c(CN3C[C@@H](C)Cc4ccncc4S3(=O)=O)c2)C(C)(C)C(=O)Nc2cccnc2)nn1. The number of aromatic nitrogens is 5. The van der Waals surface area contributed by atoms with Crippen molar-refractivity contribution in [3.05, 3.63) is 95.3 Å². The van der Waals surface area contributed by atoms with E-state index in [2.05, 4.69) is 32.5 Å². The van der Waals surface area contributed by atoms with Crippen LogP contribution in [0.25, 0.3) is 0 Å². The van der Waals surface area contributed by atoms with Gasteiger partial charge in [-0.05, 0) is 80.5 Å². The number of aryl methyl sites for hydroxylation is 2. The third kappa shape index (κ3) is 6.72. The molecule has 4 heterocycles. The molecule has 0 saturated carbocycles. The average molecular weight is 618 g/mol. The highest BCUT2D eigenvalue weighted by atomic mass is 32.2. The molecule has 1 amide bonds. The molecule has 12 heteroatoms. The summed E-state index contributed by atoms with van der Waals surface area (Å²) in [5.41, 5.74) is 3.49. The van der Waals surface area contributed by atoms with E-state index < -0.39 is 21.5 Å². The molecule has 1 aliphatic heterocycles. The van der Waals surface area contributed by atoms with Gasteiger partial charge in [-0.3, -0.25) is 19.4 Å². The Hall–Kier alpha value is -4.00. The first-order valence-corrected chi connectivity index (χ1v) is 16.2. The Bertz CT molecular complexity index is 1720. The zero-order valence-corrected chi connectivity index (χ0v) is 26.6. The number of hydrogen-bond acceptors (Lipinski definition) is 8. The monoisotopic (exact) mass is 617 g/mol. The Labute approximate surface area is 258 Å². The Morgan fingerprint density at radius 3 is 2.68 bits per heavy atom. The zero-order valence-electron chi connectivity index (χ0n) is 25.8. The summed E-state index contributed by atoms with van der Waals surface area (Å²) in [5.74, 6) is -0.123. The van der Waals surface area contributed by atoms with Crippen LogP contribution in [0.5, 0.6) is 0 Å². The van der Waals surface area contributed by atoms with Gasteiger partial charge in [0.15, 0.2) is 0 Å². The van der Waals surface area contributed by atoms with Crippen LogP contribution in [0, 0.1) is 18.3 Å². The van der Waals surface area contributed by atoms with Crippen molar-refractivity contribution in [1.29, 1.82) is 0 Å². The maximum atomic E-state index is 13.8. The molecule has 3 aromatic heterocycles. The predicted molar refractivity (Wildman–Crippen MR) is 166 cm³/mol. The van der Waals surface area contributed by atoms with Crippen LogP contribution in [0.3, 0.4) is 0 Å². The average Bonchev–Trinajstić information content (AvgIpc) is 3.43. The molecular formula is C32H39N7O4S. The molecule has 1 unspecified atom stereocenters.